The molecular weight excluding hydrogens is 365 g/mol. The average Bonchev–Trinajstić information content (AvgIpc) is 2.90. The van der Waals surface area contributed by atoms with Crippen LogP contribution in [0.2, 0.25) is 10.0 Å². The molecule has 0 radical (unpaired) electrons. The second kappa shape index (κ2) is 7.63. The van der Waals surface area contributed by atoms with Gasteiger partial charge in [0.1, 0.15) is 5.75 Å². The zero-order valence-electron chi connectivity index (χ0n) is 13.1. The quantitative estimate of drug-likeness (QED) is 0.691. The zero-order valence-corrected chi connectivity index (χ0v) is 14.6. The third-order valence-corrected chi connectivity index (χ3v) is 4.12. The molecule has 3 aromatic rings. The lowest BCUT2D eigenvalue weighted by Crippen LogP contribution is -2.33. The van der Waals surface area contributed by atoms with Gasteiger partial charge in [0.05, 0.1) is 16.1 Å². The molecule has 130 valence electrons. The lowest BCUT2D eigenvalue weighted by molar-refractivity contribution is -0.123. The Morgan fingerprint density at radius 3 is 2.80 bits per heavy atom. The van der Waals surface area contributed by atoms with E-state index in [2.05, 4.69) is 10.3 Å². The van der Waals surface area contributed by atoms with E-state index in [1.54, 1.807) is 22.8 Å². The van der Waals surface area contributed by atoms with Crippen molar-refractivity contribution in [2.45, 2.75) is 6.54 Å². The highest BCUT2D eigenvalue weighted by atomic mass is 35.5. The van der Waals surface area contributed by atoms with Gasteiger partial charge >= 0.3 is 5.69 Å². The van der Waals surface area contributed by atoms with Crippen LogP contribution in [0.1, 0.15) is 0 Å². The highest BCUT2D eigenvalue weighted by Crippen LogP contribution is 2.27. The summed E-state index contributed by atoms with van der Waals surface area (Å²) in [4.78, 5) is 26.6. The number of imidazole rings is 1. The fraction of sp³-hybridized carbons (Fsp3) is 0.176. The number of benzene rings is 2. The van der Waals surface area contributed by atoms with Gasteiger partial charge in [0.25, 0.3) is 5.91 Å². The molecule has 6 nitrogen and oxygen atoms in total. The standard InChI is InChI=1S/C17H15Cl2N3O3/c18-11-5-6-15(12(19)9-11)25-10-16(23)20-7-8-22-14-4-2-1-3-13(14)21-17(22)24/h1-6,9H,7-8,10H2,(H,20,23)(H,21,24). The summed E-state index contributed by atoms with van der Waals surface area (Å²) >= 11 is 11.8. The molecule has 0 fully saturated rings. The van der Waals surface area contributed by atoms with Crippen molar-refractivity contribution in [3.63, 3.8) is 0 Å². The monoisotopic (exact) mass is 379 g/mol. The first-order chi connectivity index (χ1) is 12.0. The molecule has 1 aromatic heterocycles. The summed E-state index contributed by atoms with van der Waals surface area (Å²) in [6.45, 7) is 0.485. The maximum absolute atomic E-state index is 11.9. The van der Waals surface area contributed by atoms with Gasteiger partial charge in [-0.3, -0.25) is 9.36 Å². The summed E-state index contributed by atoms with van der Waals surface area (Å²) in [6, 6.07) is 12.2. The number of rotatable bonds is 6. The van der Waals surface area contributed by atoms with Gasteiger partial charge in [0.15, 0.2) is 6.61 Å². The Kier molecular flexibility index (Phi) is 5.31. The van der Waals surface area contributed by atoms with Crippen LogP contribution >= 0.6 is 23.2 Å². The topological polar surface area (TPSA) is 76.1 Å². The van der Waals surface area contributed by atoms with Gasteiger partial charge in [-0.15, -0.1) is 0 Å². The van der Waals surface area contributed by atoms with Crippen LogP contribution < -0.4 is 15.7 Å². The van der Waals surface area contributed by atoms with Gasteiger partial charge in [-0.05, 0) is 30.3 Å². The van der Waals surface area contributed by atoms with Crippen LogP contribution in [0, 0.1) is 0 Å². The number of H-pyrrole nitrogens is 1. The van der Waals surface area contributed by atoms with Gasteiger partial charge in [-0.25, -0.2) is 4.79 Å². The van der Waals surface area contributed by atoms with Gasteiger partial charge in [-0.1, -0.05) is 35.3 Å². The lowest BCUT2D eigenvalue weighted by Gasteiger charge is -2.09. The Labute approximate surface area is 153 Å². The number of nitrogens with zero attached hydrogens (tertiary/aromatic N) is 1. The van der Waals surface area contributed by atoms with Crippen molar-refractivity contribution in [1.29, 1.82) is 0 Å². The first-order valence-corrected chi connectivity index (χ1v) is 8.32. The Morgan fingerprint density at radius 2 is 2.00 bits per heavy atom. The van der Waals surface area contributed by atoms with Crippen molar-refractivity contribution in [3.8, 4) is 5.75 Å². The van der Waals surface area contributed by atoms with Gasteiger partial charge in [0, 0.05) is 18.1 Å². The van der Waals surface area contributed by atoms with Gasteiger partial charge in [-0.2, -0.15) is 0 Å². The summed E-state index contributed by atoms with van der Waals surface area (Å²) in [5.74, 6) is 0.0768. The number of fused-ring (bicyclic) bond motifs is 1. The molecule has 1 heterocycles. The Balaban J connectivity index is 1.52. The molecule has 0 bridgehead atoms. The summed E-state index contributed by atoms with van der Waals surface area (Å²) in [5, 5.41) is 3.54. The van der Waals surface area contributed by atoms with Crippen molar-refractivity contribution >= 4 is 40.1 Å². The van der Waals surface area contributed by atoms with Crippen molar-refractivity contribution in [3.05, 3.63) is 63.0 Å². The van der Waals surface area contributed by atoms with E-state index in [-0.39, 0.29) is 18.2 Å². The number of carbonyl (C=O) groups excluding carboxylic acids is 1. The van der Waals surface area contributed by atoms with E-state index in [1.165, 1.54) is 0 Å². The smallest absolute Gasteiger partial charge is 0.326 e. The number of nitrogens with one attached hydrogen (secondary N) is 2. The van der Waals surface area contributed by atoms with E-state index in [4.69, 9.17) is 27.9 Å². The first-order valence-electron chi connectivity index (χ1n) is 7.56. The number of aromatic amines is 1. The molecule has 8 heteroatoms. The molecule has 0 saturated carbocycles. The minimum atomic E-state index is -0.307. The number of aromatic nitrogens is 2. The van der Waals surface area contributed by atoms with Gasteiger partial charge < -0.3 is 15.0 Å². The Hall–Kier alpha value is -2.44. The first kappa shape index (κ1) is 17.4. The summed E-state index contributed by atoms with van der Waals surface area (Å²) in [5.41, 5.74) is 1.35. The number of hydrogen-bond donors (Lipinski definition) is 2. The largest absolute Gasteiger partial charge is 0.482 e. The molecule has 0 saturated heterocycles. The fourth-order valence-corrected chi connectivity index (χ4v) is 2.89. The number of carbonyl (C=O) groups is 1. The lowest BCUT2D eigenvalue weighted by atomic mass is 10.3. The van der Waals surface area contributed by atoms with E-state index in [0.29, 0.717) is 28.9 Å². The van der Waals surface area contributed by atoms with E-state index in [1.807, 2.05) is 24.3 Å². The molecule has 0 aliphatic rings. The maximum atomic E-state index is 11.9. The summed E-state index contributed by atoms with van der Waals surface area (Å²) in [7, 11) is 0. The van der Waals surface area contributed by atoms with Crippen LogP contribution in [-0.2, 0) is 11.3 Å². The predicted molar refractivity (Wildman–Crippen MR) is 97.5 cm³/mol. The molecule has 1 amide bonds. The summed E-state index contributed by atoms with van der Waals surface area (Å²) in [6.07, 6.45) is 0. The molecule has 0 aliphatic carbocycles. The van der Waals surface area contributed by atoms with Crippen molar-refractivity contribution < 1.29 is 9.53 Å². The van der Waals surface area contributed by atoms with Crippen molar-refractivity contribution in [2.24, 2.45) is 0 Å². The molecule has 0 atom stereocenters. The third kappa shape index (κ3) is 4.15. The maximum Gasteiger partial charge on any atom is 0.326 e. The van der Waals surface area contributed by atoms with Crippen molar-refractivity contribution in [2.75, 3.05) is 13.2 Å². The van der Waals surface area contributed by atoms with Crippen LogP contribution in [0.3, 0.4) is 0 Å². The second-order valence-corrected chi connectivity index (χ2v) is 6.16. The second-order valence-electron chi connectivity index (χ2n) is 5.31. The van der Waals surface area contributed by atoms with E-state index >= 15 is 0 Å². The number of para-hydroxylation sites is 2. The van der Waals surface area contributed by atoms with Crippen molar-refractivity contribution in [1.82, 2.24) is 14.9 Å². The molecule has 3 rings (SSSR count). The SMILES string of the molecule is O=C(COc1ccc(Cl)cc1Cl)NCCn1c(=O)[nH]c2ccccc21. The molecule has 25 heavy (non-hydrogen) atoms. The highest BCUT2D eigenvalue weighted by Gasteiger charge is 2.08. The average molecular weight is 380 g/mol. The van der Waals surface area contributed by atoms with Gasteiger partial charge in [0.2, 0.25) is 0 Å². The Bertz CT molecular complexity index is 965. The van der Waals surface area contributed by atoms with Crippen LogP contribution in [0.15, 0.2) is 47.3 Å². The molecule has 2 aromatic carbocycles. The minimum absolute atomic E-state index is 0.176. The van der Waals surface area contributed by atoms with Crippen LogP contribution in [-0.4, -0.2) is 28.6 Å². The Morgan fingerprint density at radius 1 is 1.20 bits per heavy atom. The predicted octanol–water partition coefficient (Wildman–Crippen LogP) is 2.83. The number of ether oxygens (including phenoxy) is 1. The molecule has 0 spiro atoms. The number of hydrogen-bond acceptors (Lipinski definition) is 3. The van der Waals surface area contributed by atoms with E-state index in [9.17, 15) is 9.59 Å². The molecular formula is C17H15Cl2N3O3. The minimum Gasteiger partial charge on any atom is -0.482 e. The molecule has 0 aliphatic heterocycles. The number of halogens is 2. The molecule has 0 unspecified atom stereocenters. The summed E-state index contributed by atoms with van der Waals surface area (Å²) < 4.78 is 6.93. The highest BCUT2D eigenvalue weighted by molar-refractivity contribution is 6.35. The van der Waals surface area contributed by atoms with E-state index < -0.39 is 0 Å². The molecule has 2 N–H and O–H groups in total. The zero-order chi connectivity index (χ0) is 17.8. The van der Waals surface area contributed by atoms with Crippen LogP contribution in [0.4, 0.5) is 0 Å². The normalized spacial score (nSPS) is 10.8. The van der Waals surface area contributed by atoms with Crippen LogP contribution in [0.25, 0.3) is 11.0 Å². The number of amides is 1. The third-order valence-electron chi connectivity index (χ3n) is 3.59. The fourth-order valence-electron chi connectivity index (χ4n) is 2.42. The van der Waals surface area contributed by atoms with Crippen LogP contribution in [0.5, 0.6) is 5.75 Å². The van der Waals surface area contributed by atoms with E-state index in [0.717, 1.165) is 11.0 Å².